The predicted octanol–water partition coefficient (Wildman–Crippen LogP) is 3.00. The Labute approximate surface area is 144 Å². The van der Waals surface area contributed by atoms with Crippen molar-refractivity contribution in [2.24, 2.45) is 0 Å². The van der Waals surface area contributed by atoms with Gasteiger partial charge in [-0.05, 0) is 42.0 Å². The van der Waals surface area contributed by atoms with Crippen LogP contribution in [0.5, 0.6) is 0 Å². The van der Waals surface area contributed by atoms with E-state index < -0.39 is 6.10 Å². The van der Waals surface area contributed by atoms with Crippen molar-refractivity contribution in [3.63, 3.8) is 0 Å². The minimum atomic E-state index is -0.729. The Morgan fingerprint density at radius 3 is 2.50 bits per heavy atom. The van der Waals surface area contributed by atoms with Crippen LogP contribution in [0.3, 0.4) is 0 Å². The molecule has 1 heterocycles. The molecule has 1 aromatic heterocycles. The van der Waals surface area contributed by atoms with Gasteiger partial charge in [-0.15, -0.1) is 0 Å². The molecule has 0 saturated carbocycles. The number of hydrogen-bond donors (Lipinski definition) is 3. The maximum Gasteiger partial charge on any atom is 0.251 e. The maximum atomic E-state index is 12.2. The fraction of sp³-hybridized carbons (Fsp3) is 0.111. The lowest BCUT2D eigenvalue weighted by molar-refractivity contribution is 0.0916. The smallest absolute Gasteiger partial charge is 0.251 e. The van der Waals surface area contributed by atoms with Crippen LogP contribution in [-0.4, -0.2) is 27.1 Å². The molecule has 1 atom stereocenters. The average Bonchev–Trinajstić information content (AvgIpc) is 3.06. The number of nitrogens with one attached hydrogen (secondary N) is 2. The van der Waals surface area contributed by atoms with Gasteiger partial charge in [0, 0.05) is 30.2 Å². The van der Waals surface area contributed by atoms with Gasteiger partial charge in [0.25, 0.3) is 5.91 Å². The Bertz CT molecular complexity index is 869. The van der Waals surface area contributed by atoms with Crippen molar-refractivity contribution in [3.8, 4) is 5.69 Å². The monoisotopic (exact) mass is 339 g/mol. The molecule has 6 heteroatoms. The molecule has 2 aromatic carbocycles. The first-order chi connectivity index (χ1) is 11.6. The molecule has 1 unspecified atom stereocenters. The number of aromatic amines is 1. The highest BCUT2D eigenvalue weighted by atomic mass is 32.1. The number of nitrogens with zero attached hydrogens (tertiary/aromatic N) is 1. The third kappa shape index (κ3) is 3.61. The molecule has 0 radical (unpaired) electrons. The number of H-pyrrole nitrogens is 1. The van der Waals surface area contributed by atoms with Crippen molar-refractivity contribution in [2.45, 2.75) is 6.10 Å². The SMILES string of the molecule is O=C(NCC(O)c1ccccc1)c1ccc(-n2cc[nH]c2=S)cc1. The Kier molecular flexibility index (Phi) is 4.88. The van der Waals surface area contributed by atoms with E-state index in [1.54, 1.807) is 18.3 Å². The fourth-order valence-corrected chi connectivity index (χ4v) is 2.62. The van der Waals surface area contributed by atoms with Gasteiger partial charge >= 0.3 is 0 Å². The minimum absolute atomic E-state index is 0.160. The van der Waals surface area contributed by atoms with Crippen LogP contribution in [0.1, 0.15) is 22.0 Å². The summed E-state index contributed by atoms with van der Waals surface area (Å²) >= 11 is 5.17. The number of carbonyl (C=O) groups excluding carboxylic acids is 1. The van der Waals surface area contributed by atoms with Crippen molar-refractivity contribution in [3.05, 3.63) is 82.9 Å². The van der Waals surface area contributed by atoms with Crippen LogP contribution in [-0.2, 0) is 0 Å². The highest BCUT2D eigenvalue weighted by Crippen LogP contribution is 2.12. The van der Waals surface area contributed by atoms with E-state index in [-0.39, 0.29) is 12.5 Å². The third-order valence-electron chi connectivity index (χ3n) is 3.70. The molecule has 0 aliphatic heterocycles. The van der Waals surface area contributed by atoms with Crippen LogP contribution in [0.15, 0.2) is 67.0 Å². The van der Waals surface area contributed by atoms with E-state index >= 15 is 0 Å². The molecule has 0 aliphatic carbocycles. The molecule has 0 aliphatic rings. The summed E-state index contributed by atoms with van der Waals surface area (Å²) in [5, 5.41) is 12.8. The summed E-state index contributed by atoms with van der Waals surface area (Å²) in [6.07, 6.45) is 2.86. The molecule has 0 bridgehead atoms. The molecule has 1 amide bonds. The van der Waals surface area contributed by atoms with Crippen molar-refractivity contribution in [1.29, 1.82) is 0 Å². The van der Waals surface area contributed by atoms with E-state index in [9.17, 15) is 9.90 Å². The van der Waals surface area contributed by atoms with Gasteiger partial charge in [-0.1, -0.05) is 30.3 Å². The number of amides is 1. The summed E-state index contributed by atoms with van der Waals surface area (Å²) in [5.41, 5.74) is 2.18. The fourth-order valence-electron chi connectivity index (χ4n) is 2.38. The number of aromatic nitrogens is 2. The predicted molar refractivity (Wildman–Crippen MR) is 94.7 cm³/mol. The lowest BCUT2D eigenvalue weighted by atomic mass is 10.1. The molecule has 3 aromatic rings. The standard InChI is InChI=1S/C18H17N3O2S/c22-16(13-4-2-1-3-5-13)12-20-17(23)14-6-8-15(9-7-14)21-11-10-19-18(21)24/h1-11,16,22H,12H2,(H,19,24)(H,20,23). The van der Waals surface area contributed by atoms with Crippen molar-refractivity contribution >= 4 is 18.1 Å². The van der Waals surface area contributed by atoms with Crippen LogP contribution in [0.25, 0.3) is 5.69 Å². The van der Waals surface area contributed by atoms with Crippen molar-refractivity contribution in [1.82, 2.24) is 14.9 Å². The zero-order valence-corrected chi connectivity index (χ0v) is 13.7. The first-order valence-electron chi connectivity index (χ1n) is 7.53. The third-order valence-corrected chi connectivity index (χ3v) is 4.01. The first-order valence-corrected chi connectivity index (χ1v) is 7.93. The number of carbonyl (C=O) groups is 1. The summed E-state index contributed by atoms with van der Waals surface area (Å²) in [4.78, 5) is 15.1. The number of hydrogen-bond acceptors (Lipinski definition) is 3. The Morgan fingerprint density at radius 1 is 1.17 bits per heavy atom. The van der Waals surface area contributed by atoms with E-state index in [2.05, 4.69) is 10.3 Å². The van der Waals surface area contributed by atoms with E-state index in [1.165, 1.54) is 0 Å². The lowest BCUT2D eigenvalue weighted by Crippen LogP contribution is -2.28. The van der Waals surface area contributed by atoms with Gasteiger partial charge in [-0.3, -0.25) is 9.36 Å². The Hall–Kier alpha value is -2.70. The number of benzene rings is 2. The molecule has 0 saturated heterocycles. The van der Waals surface area contributed by atoms with Crippen LogP contribution in [0.4, 0.5) is 0 Å². The normalized spacial score (nSPS) is 11.9. The van der Waals surface area contributed by atoms with Gasteiger partial charge in [-0.2, -0.15) is 0 Å². The highest BCUT2D eigenvalue weighted by Gasteiger charge is 2.10. The summed E-state index contributed by atoms with van der Waals surface area (Å²) in [5.74, 6) is -0.228. The van der Waals surface area contributed by atoms with E-state index in [4.69, 9.17) is 12.2 Å². The quantitative estimate of drug-likeness (QED) is 0.626. The molecule has 3 N–H and O–H groups in total. The van der Waals surface area contributed by atoms with Crippen LogP contribution in [0.2, 0.25) is 0 Å². The Morgan fingerprint density at radius 2 is 1.88 bits per heavy atom. The number of aliphatic hydroxyl groups excluding tert-OH is 1. The number of rotatable bonds is 5. The largest absolute Gasteiger partial charge is 0.387 e. The average molecular weight is 339 g/mol. The molecule has 5 nitrogen and oxygen atoms in total. The Balaban J connectivity index is 1.63. The van der Waals surface area contributed by atoms with Gasteiger partial charge in [0.2, 0.25) is 0 Å². The van der Waals surface area contributed by atoms with E-state index in [1.807, 2.05) is 53.2 Å². The minimum Gasteiger partial charge on any atom is -0.387 e. The summed E-state index contributed by atoms with van der Waals surface area (Å²) < 4.78 is 2.41. The zero-order chi connectivity index (χ0) is 16.9. The molecule has 0 spiro atoms. The second-order valence-electron chi connectivity index (χ2n) is 5.32. The molecular weight excluding hydrogens is 322 g/mol. The molecule has 3 rings (SSSR count). The van der Waals surface area contributed by atoms with Crippen molar-refractivity contribution < 1.29 is 9.90 Å². The molecule has 0 fully saturated rings. The zero-order valence-electron chi connectivity index (χ0n) is 12.8. The number of imidazole rings is 1. The van der Waals surface area contributed by atoms with Gasteiger partial charge in [0.15, 0.2) is 4.77 Å². The second-order valence-corrected chi connectivity index (χ2v) is 5.71. The second kappa shape index (κ2) is 7.25. The van der Waals surface area contributed by atoms with Crippen LogP contribution < -0.4 is 5.32 Å². The van der Waals surface area contributed by atoms with Gasteiger partial charge in [-0.25, -0.2) is 0 Å². The summed E-state index contributed by atoms with van der Waals surface area (Å²) in [7, 11) is 0. The van der Waals surface area contributed by atoms with Gasteiger partial charge in [0.05, 0.1) is 6.10 Å². The van der Waals surface area contributed by atoms with E-state index in [0.717, 1.165) is 11.3 Å². The van der Waals surface area contributed by atoms with E-state index in [0.29, 0.717) is 10.3 Å². The van der Waals surface area contributed by atoms with Gasteiger partial charge < -0.3 is 15.4 Å². The van der Waals surface area contributed by atoms with Crippen molar-refractivity contribution in [2.75, 3.05) is 6.54 Å². The summed E-state index contributed by atoms with van der Waals surface area (Å²) in [6.45, 7) is 0.160. The van der Waals surface area contributed by atoms with Crippen LogP contribution >= 0.6 is 12.2 Å². The summed E-state index contributed by atoms with van der Waals surface area (Å²) in [6, 6.07) is 16.3. The molecular formula is C18H17N3O2S. The number of aliphatic hydroxyl groups is 1. The first kappa shape index (κ1) is 16.2. The highest BCUT2D eigenvalue weighted by molar-refractivity contribution is 7.71. The lowest BCUT2D eigenvalue weighted by Gasteiger charge is -2.12. The topological polar surface area (TPSA) is 70.0 Å². The molecule has 24 heavy (non-hydrogen) atoms. The molecule has 122 valence electrons. The van der Waals surface area contributed by atoms with Gasteiger partial charge in [0.1, 0.15) is 0 Å². The van der Waals surface area contributed by atoms with Crippen LogP contribution in [0, 0.1) is 4.77 Å². The maximum absolute atomic E-state index is 12.2.